The molecule has 1 aromatic carbocycles. The Labute approximate surface area is 184 Å². The van der Waals surface area contributed by atoms with Crippen molar-refractivity contribution in [2.45, 2.75) is 46.3 Å². The molecule has 0 saturated carbocycles. The fraction of sp³-hybridized carbons (Fsp3) is 0.542. The number of aromatic nitrogens is 2. The fourth-order valence-electron chi connectivity index (χ4n) is 4.11. The number of benzene rings is 1. The summed E-state index contributed by atoms with van der Waals surface area (Å²) in [6.45, 7) is 10.6. The minimum absolute atomic E-state index is 0.307. The number of nitrogens with zero attached hydrogens (tertiary/aromatic N) is 4. The van der Waals surface area contributed by atoms with E-state index in [2.05, 4.69) is 34.2 Å². The van der Waals surface area contributed by atoms with Crippen molar-refractivity contribution in [2.24, 2.45) is 18.0 Å². The summed E-state index contributed by atoms with van der Waals surface area (Å²) in [6, 6.07) is 5.48. The minimum atomic E-state index is -1.08. The predicted octanol–water partition coefficient (Wildman–Crippen LogP) is 3.39. The molecule has 1 N–H and O–H groups in total. The van der Waals surface area contributed by atoms with Gasteiger partial charge in [0, 0.05) is 50.6 Å². The van der Waals surface area contributed by atoms with E-state index < -0.39 is 12.2 Å². The molecular weight excluding hydrogens is 393 g/mol. The monoisotopic (exact) mass is 427 g/mol. The number of aryl methyl sites for hydroxylation is 2. The molecule has 7 heteroatoms. The van der Waals surface area contributed by atoms with Gasteiger partial charge in [0.25, 0.3) is 5.91 Å². The number of likely N-dealkylation sites (tertiary alicyclic amines) is 1. The third-order valence-electron chi connectivity index (χ3n) is 5.63. The minimum Gasteiger partial charge on any atom is -0.345 e. The number of hydrogen-bond acceptors (Lipinski definition) is 4. The van der Waals surface area contributed by atoms with Crippen LogP contribution in [0.5, 0.6) is 0 Å². The van der Waals surface area contributed by atoms with E-state index >= 15 is 0 Å². The lowest BCUT2D eigenvalue weighted by molar-refractivity contribution is -0.116. The summed E-state index contributed by atoms with van der Waals surface area (Å²) in [5.41, 5.74) is 4.03. The van der Waals surface area contributed by atoms with Gasteiger partial charge in [-0.1, -0.05) is 26.0 Å². The van der Waals surface area contributed by atoms with Crippen molar-refractivity contribution in [3.63, 3.8) is 0 Å². The standard InChI is InChI=1S/C24H34FN5O/c1-6-26-23(20-11-18(8-7-17(20)4)19-12-27-29(5)14-19)24(31)28-22-9-10-30(13-16(2)3)15-21(22)25/h7-8,11-12,14,16,21-22H,6,9-10,13,15H2,1-5H3,(H,28,31)/b26-23+/t21-,22-/m1/s1. The molecule has 1 saturated heterocycles. The van der Waals surface area contributed by atoms with Crippen molar-refractivity contribution in [3.8, 4) is 11.1 Å². The van der Waals surface area contributed by atoms with Crippen LogP contribution in [-0.4, -0.2) is 64.7 Å². The molecular formula is C24H34FN5O. The Bertz CT molecular complexity index is 936. The Morgan fingerprint density at radius 2 is 2.13 bits per heavy atom. The summed E-state index contributed by atoms with van der Waals surface area (Å²) in [5, 5.41) is 7.16. The van der Waals surface area contributed by atoms with Gasteiger partial charge in [-0.15, -0.1) is 0 Å². The van der Waals surface area contributed by atoms with Crippen LogP contribution >= 0.6 is 0 Å². The van der Waals surface area contributed by atoms with Gasteiger partial charge < -0.3 is 10.2 Å². The molecule has 0 spiro atoms. The Morgan fingerprint density at radius 1 is 1.35 bits per heavy atom. The number of hydrogen-bond donors (Lipinski definition) is 1. The van der Waals surface area contributed by atoms with Crippen LogP contribution < -0.4 is 5.32 Å². The summed E-state index contributed by atoms with van der Waals surface area (Å²) < 4.78 is 16.6. The lowest BCUT2D eigenvalue weighted by Crippen LogP contribution is -2.54. The van der Waals surface area contributed by atoms with Crippen LogP contribution in [-0.2, 0) is 11.8 Å². The molecule has 31 heavy (non-hydrogen) atoms. The van der Waals surface area contributed by atoms with E-state index in [9.17, 15) is 9.18 Å². The third kappa shape index (κ3) is 5.79. The van der Waals surface area contributed by atoms with Gasteiger partial charge in [0.1, 0.15) is 11.9 Å². The van der Waals surface area contributed by atoms with E-state index in [1.165, 1.54) is 0 Å². The molecule has 1 amide bonds. The molecule has 0 radical (unpaired) electrons. The molecule has 2 heterocycles. The molecule has 0 unspecified atom stereocenters. The maximum absolute atomic E-state index is 14.8. The lowest BCUT2D eigenvalue weighted by Gasteiger charge is -2.35. The molecule has 1 aliphatic heterocycles. The van der Waals surface area contributed by atoms with Crippen LogP contribution in [0.4, 0.5) is 4.39 Å². The number of aliphatic imine (C=N–C) groups is 1. The number of piperidine rings is 1. The highest BCUT2D eigenvalue weighted by Crippen LogP contribution is 2.23. The number of nitrogens with one attached hydrogen (secondary N) is 1. The van der Waals surface area contributed by atoms with Gasteiger partial charge in [-0.25, -0.2) is 4.39 Å². The van der Waals surface area contributed by atoms with Gasteiger partial charge in [-0.3, -0.25) is 14.5 Å². The van der Waals surface area contributed by atoms with E-state index in [1.807, 2.05) is 45.3 Å². The maximum Gasteiger partial charge on any atom is 0.270 e. The molecule has 2 aromatic rings. The number of carbonyl (C=O) groups excluding carboxylic acids is 1. The Balaban J connectivity index is 1.78. The topological polar surface area (TPSA) is 62.5 Å². The van der Waals surface area contributed by atoms with Crippen LogP contribution in [0.2, 0.25) is 0 Å². The molecule has 0 aliphatic carbocycles. The SMILES string of the molecule is CC/N=C(/C(=O)N[C@@H]1CCN(CC(C)C)C[C@H]1F)c1cc(-c2cnn(C)c2)ccc1C. The summed E-state index contributed by atoms with van der Waals surface area (Å²) >= 11 is 0. The number of halogens is 1. The highest BCUT2D eigenvalue weighted by molar-refractivity contribution is 6.45. The Morgan fingerprint density at radius 3 is 2.74 bits per heavy atom. The van der Waals surface area contributed by atoms with E-state index in [0.29, 0.717) is 31.1 Å². The molecule has 6 nitrogen and oxygen atoms in total. The zero-order valence-corrected chi connectivity index (χ0v) is 19.2. The van der Waals surface area contributed by atoms with E-state index in [4.69, 9.17) is 0 Å². The van der Waals surface area contributed by atoms with Crippen molar-refractivity contribution in [2.75, 3.05) is 26.2 Å². The van der Waals surface area contributed by atoms with Crippen molar-refractivity contribution >= 4 is 11.6 Å². The highest BCUT2D eigenvalue weighted by atomic mass is 19.1. The van der Waals surface area contributed by atoms with E-state index in [1.54, 1.807) is 10.9 Å². The number of carbonyl (C=O) groups is 1. The van der Waals surface area contributed by atoms with Crippen molar-refractivity contribution < 1.29 is 9.18 Å². The normalized spacial score (nSPS) is 20.3. The molecule has 168 valence electrons. The summed E-state index contributed by atoms with van der Waals surface area (Å²) in [5.74, 6) is 0.190. The number of amides is 1. The first-order valence-corrected chi connectivity index (χ1v) is 11.1. The van der Waals surface area contributed by atoms with Gasteiger partial charge in [0.15, 0.2) is 0 Å². The van der Waals surface area contributed by atoms with Gasteiger partial charge in [0.2, 0.25) is 0 Å². The van der Waals surface area contributed by atoms with Crippen LogP contribution in [0.25, 0.3) is 11.1 Å². The number of alkyl halides is 1. The van der Waals surface area contributed by atoms with Crippen LogP contribution in [0.15, 0.2) is 35.6 Å². The highest BCUT2D eigenvalue weighted by Gasteiger charge is 2.31. The van der Waals surface area contributed by atoms with Gasteiger partial charge in [0.05, 0.1) is 12.2 Å². The quantitative estimate of drug-likeness (QED) is 0.689. The number of rotatable bonds is 7. The second kappa shape index (κ2) is 10.2. The van der Waals surface area contributed by atoms with E-state index in [0.717, 1.165) is 35.3 Å². The van der Waals surface area contributed by atoms with Crippen LogP contribution in [0.3, 0.4) is 0 Å². The fourth-order valence-corrected chi connectivity index (χ4v) is 4.11. The predicted molar refractivity (Wildman–Crippen MR) is 123 cm³/mol. The molecule has 1 aromatic heterocycles. The van der Waals surface area contributed by atoms with E-state index in [-0.39, 0.29) is 5.91 Å². The Hall–Kier alpha value is -2.54. The lowest BCUT2D eigenvalue weighted by atomic mass is 9.97. The second-order valence-corrected chi connectivity index (χ2v) is 8.79. The van der Waals surface area contributed by atoms with Crippen LogP contribution in [0, 0.1) is 12.8 Å². The van der Waals surface area contributed by atoms with Crippen molar-refractivity contribution in [3.05, 3.63) is 41.7 Å². The first kappa shape index (κ1) is 23.1. The van der Waals surface area contributed by atoms with Crippen molar-refractivity contribution in [1.29, 1.82) is 0 Å². The van der Waals surface area contributed by atoms with Gasteiger partial charge in [-0.2, -0.15) is 5.10 Å². The first-order valence-electron chi connectivity index (χ1n) is 11.1. The molecule has 1 aliphatic rings. The molecule has 3 rings (SSSR count). The summed E-state index contributed by atoms with van der Waals surface area (Å²) in [4.78, 5) is 19.8. The molecule has 0 bridgehead atoms. The Kier molecular flexibility index (Phi) is 7.59. The van der Waals surface area contributed by atoms with Gasteiger partial charge >= 0.3 is 0 Å². The zero-order valence-electron chi connectivity index (χ0n) is 19.2. The molecule has 1 fully saturated rings. The van der Waals surface area contributed by atoms with Gasteiger partial charge in [-0.05, 0) is 43.4 Å². The summed E-state index contributed by atoms with van der Waals surface area (Å²) in [7, 11) is 1.87. The molecule has 2 atom stereocenters. The average Bonchev–Trinajstić information content (AvgIpc) is 3.14. The maximum atomic E-state index is 14.8. The third-order valence-corrected chi connectivity index (χ3v) is 5.63. The zero-order chi connectivity index (χ0) is 22.5. The average molecular weight is 428 g/mol. The summed E-state index contributed by atoms with van der Waals surface area (Å²) in [6.07, 6.45) is 3.25. The van der Waals surface area contributed by atoms with Crippen molar-refractivity contribution in [1.82, 2.24) is 20.0 Å². The smallest absolute Gasteiger partial charge is 0.270 e. The second-order valence-electron chi connectivity index (χ2n) is 8.79. The first-order chi connectivity index (χ1) is 14.8. The van der Waals surface area contributed by atoms with Crippen LogP contribution in [0.1, 0.15) is 38.3 Å². The largest absolute Gasteiger partial charge is 0.345 e.